The monoisotopic (exact) mass is 358 g/mol. The van der Waals surface area contributed by atoms with Gasteiger partial charge in [0, 0.05) is 25.7 Å². The quantitative estimate of drug-likeness (QED) is 0.794. The third kappa shape index (κ3) is 7.69. The fourth-order valence-corrected chi connectivity index (χ4v) is 2.08. The Hall–Kier alpha value is -1.89. The molecule has 1 aromatic rings. The highest BCUT2D eigenvalue weighted by atomic mass is 19.3. The highest BCUT2D eigenvalue weighted by Crippen LogP contribution is 2.20. The van der Waals surface area contributed by atoms with Crippen molar-refractivity contribution in [1.82, 2.24) is 10.2 Å². The summed E-state index contributed by atoms with van der Waals surface area (Å²) in [6.45, 7) is 6.95. The molecule has 2 atom stereocenters. The van der Waals surface area contributed by atoms with E-state index in [4.69, 9.17) is 4.74 Å². The molecule has 0 saturated heterocycles. The predicted octanol–water partition coefficient (Wildman–Crippen LogP) is 4.19. The number of halogens is 2. The lowest BCUT2D eigenvalue weighted by Crippen LogP contribution is -2.44. The van der Waals surface area contributed by atoms with E-state index < -0.39 is 12.2 Å². The standard InChI is InChI=1S/C18H28F2N2O3/c1-12(22(6)17(23)25-18(3,4)5)11-21-13(2)14-8-7-9-15(10-14)24-16(19)20/h7-10,12-13,16,21H,11H2,1-6H3. The summed E-state index contributed by atoms with van der Waals surface area (Å²) in [6.07, 6.45) is -0.387. The Kier molecular flexibility index (Phi) is 7.60. The minimum absolute atomic E-state index is 0.0873. The summed E-state index contributed by atoms with van der Waals surface area (Å²) < 4.78 is 34.4. The highest BCUT2D eigenvalue weighted by molar-refractivity contribution is 5.68. The van der Waals surface area contributed by atoms with Gasteiger partial charge >= 0.3 is 12.7 Å². The first-order valence-corrected chi connectivity index (χ1v) is 8.23. The molecule has 0 aliphatic rings. The van der Waals surface area contributed by atoms with Crippen molar-refractivity contribution < 1.29 is 23.0 Å². The second kappa shape index (κ2) is 8.99. The molecule has 1 rings (SSSR count). The van der Waals surface area contributed by atoms with Gasteiger partial charge in [0.2, 0.25) is 0 Å². The predicted molar refractivity (Wildman–Crippen MR) is 93.0 cm³/mol. The molecule has 1 amide bonds. The SMILES string of the molecule is CC(NCC(C)N(C)C(=O)OC(C)(C)C)c1cccc(OC(F)F)c1. The molecule has 1 aromatic carbocycles. The molecule has 0 fully saturated rings. The molecule has 0 bridgehead atoms. The van der Waals surface area contributed by atoms with E-state index in [1.54, 1.807) is 19.2 Å². The number of carbonyl (C=O) groups is 1. The van der Waals surface area contributed by atoms with E-state index in [-0.39, 0.29) is 23.9 Å². The van der Waals surface area contributed by atoms with E-state index in [0.29, 0.717) is 6.54 Å². The zero-order valence-corrected chi connectivity index (χ0v) is 15.7. The summed E-state index contributed by atoms with van der Waals surface area (Å²) in [4.78, 5) is 13.6. The van der Waals surface area contributed by atoms with Crippen LogP contribution >= 0.6 is 0 Å². The van der Waals surface area contributed by atoms with Crippen LogP contribution in [0.15, 0.2) is 24.3 Å². The Morgan fingerprint density at radius 3 is 2.48 bits per heavy atom. The molecule has 0 aliphatic carbocycles. The molecular formula is C18H28F2N2O3. The van der Waals surface area contributed by atoms with Gasteiger partial charge in [-0.05, 0) is 52.3 Å². The van der Waals surface area contributed by atoms with Crippen LogP contribution in [-0.4, -0.2) is 42.8 Å². The third-order valence-electron chi connectivity index (χ3n) is 3.65. The molecule has 0 spiro atoms. The molecule has 0 heterocycles. The van der Waals surface area contributed by atoms with E-state index >= 15 is 0 Å². The van der Waals surface area contributed by atoms with Gasteiger partial charge in [0.15, 0.2) is 0 Å². The van der Waals surface area contributed by atoms with Crippen molar-refractivity contribution in [3.8, 4) is 5.75 Å². The Balaban J connectivity index is 2.57. The Labute approximate surface area is 148 Å². The van der Waals surface area contributed by atoms with Gasteiger partial charge in [0.1, 0.15) is 11.4 Å². The summed E-state index contributed by atoms with van der Waals surface area (Å²) in [7, 11) is 1.68. The summed E-state index contributed by atoms with van der Waals surface area (Å²) >= 11 is 0. The maximum Gasteiger partial charge on any atom is 0.410 e. The summed E-state index contributed by atoms with van der Waals surface area (Å²) in [5, 5.41) is 3.29. The molecular weight excluding hydrogens is 330 g/mol. The topological polar surface area (TPSA) is 50.8 Å². The van der Waals surface area contributed by atoms with Gasteiger partial charge in [0.25, 0.3) is 0 Å². The second-order valence-corrected chi connectivity index (χ2v) is 7.02. The van der Waals surface area contributed by atoms with Gasteiger partial charge in [-0.3, -0.25) is 0 Å². The van der Waals surface area contributed by atoms with Gasteiger partial charge in [0.05, 0.1) is 0 Å². The van der Waals surface area contributed by atoms with Crippen molar-refractivity contribution in [2.75, 3.05) is 13.6 Å². The molecule has 25 heavy (non-hydrogen) atoms. The van der Waals surface area contributed by atoms with Gasteiger partial charge < -0.3 is 19.7 Å². The summed E-state index contributed by atoms with van der Waals surface area (Å²) in [5.74, 6) is 0.125. The van der Waals surface area contributed by atoms with Crippen LogP contribution in [0.4, 0.5) is 13.6 Å². The average molecular weight is 358 g/mol. The number of hydrogen-bond acceptors (Lipinski definition) is 4. The van der Waals surface area contributed by atoms with Crippen LogP contribution in [0.2, 0.25) is 0 Å². The lowest BCUT2D eigenvalue weighted by Gasteiger charge is -2.29. The number of likely N-dealkylation sites (N-methyl/N-ethyl adjacent to an activating group) is 1. The lowest BCUT2D eigenvalue weighted by molar-refractivity contribution is -0.0499. The summed E-state index contributed by atoms with van der Waals surface area (Å²) in [5.41, 5.74) is 0.280. The first kappa shape index (κ1) is 21.2. The number of carbonyl (C=O) groups excluding carboxylic acids is 1. The number of nitrogens with one attached hydrogen (secondary N) is 1. The molecule has 0 aliphatic heterocycles. The number of nitrogens with zero attached hydrogens (tertiary/aromatic N) is 1. The number of rotatable bonds is 7. The van der Waals surface area contributed by atoms with Crippen LogP contribution in [0.3, 0.4) is 0 Å². The van der Waals surface area contributed by atoms with Crippen molar-refractivity contribution in [2.45, 2.75) is 58.9 Å². The number of ether oxygens (including phenoxy) is 2. The lowest BCUT2D eigenvalue weighted by atomic mass is 10.1. The van der Waals surface area contributed by atoms with Crippen molar-refractivity contribution in [3.63, 3.8) is 0 Å². The van der Waals surface area contributed by atoms with Gasteiger partial charge in [-0.15, -0.1) is 0 Å². The third-order valence-corrected chi connectivity index (χ3v) is 3.65. The van der Waals surface area contributed by atoms with Crippen LogP contribution in [-0.2, 0) is 4.74 Å². The molecule has 142 valence electrons. The van der Waals surface area contributed by atoms with E-state index in [9.17, 15) is 13.6 Å². The van der Waals surface area contributed by atoms with E-state index in [1.807, 2.05) is 40.7 Å². The average Bonchev–Trinajstić information content (AvgIpc) is 2.49. The zero-order valence-electron chi connectivity index (χ0n) is 15.7. The maximum absolute atomic E-state index is 12.3. The Morgan fingerprint density at radius 2 is 1.92 bits per heavy atom. The van der Waals surface area contributed by atoms with Crippen molar-refractivity contribution in [3.05, 3.63) is 29.8 Å². The molecule has 0 aromatic heterocycles. The zero-order chi connectivity index (χ0) is 19.2. The van der Waals surface area contributed by atoms with E-state index in [0.717, 1.165) is 5.56 Å². The van der Waals surface area contributed by atoms with E-state index in [1.165, 1.54) is 11.0 Å². The minimum atomic E-state index is -2.85. The van der Waals surface area contributed by atoms with Crippen LogP contribution in [0.1, 0.15) is 46.2 Å². The maximum atomic E-state index is 12.3. The van der Waals surface area contributed by atoms with E-state index in [2.05, 4.69) is 10.1 Å². The fourth-order valence-electron chi connectivity index (χ4n) is 2.08. The normalized spacial score (nSPS) is 14.1. The highest BCUT2D eigenvalue weighted by Gasteiger charge is 2.23. The minimum Gasteiger partial charge on any atom is -0.444 e. The van der Waals surface area contributed by atoms with Crippen molar-refractivity contribution >= 4 is 6.09 Å². The second-order valence-electron chi connectivity index (χ2n) is 7.02. The van der Waals surface area contributed by atoms with Crippen LogP contribution in [0, 0.1) is 0 Å². The number of alkyl halides is 2. The molecule has 5 nitrogen and oxygen atoms in total. The number of hydrogen-bond donors (Lipinski definition) is 1. The van der Waals surface area contributed by atoms with Gasteiger partial charge in [-0.2, -0.15) is 8.78 Å². The smallest absolute Gasteiger partial charge is 0.410 e. The molecule has 7 heteroatoms. The molecule has 2 unspecified atom stereocenters. The largest absolute Gasteiger partial charge is 0.444 e. The van der Waals surface area contributed by atoms with Gasteiger partial charge in [-0.1, -0.05) is 12.1 Å². The van der Waals surface area contributed by atoms with Crippen molar-refractivity contribution in [1.29, 1.82) is 0 Å². The van der Waals surface area contributed by atoms with Crippen LogP contribution < -0.4 is 10.1 Å². The number of amides is 1. The van der Waals surface area contributed by atoms with Gasteiger partial charge in [-0.25, -0.2) is 4.79 Å². The molecule has 0 radical (unpaired) electrons. The van der Waals surface area contributed by atoms with Crippen LogP contribution in [0.5, 0.6) is 5.75 Å². The Morgan fingerprint density at radius 1 is 1.28 bits per heavy atom. The number of benzene rings is 1. The fraction of sp³-hybridized carbons (Fsp3) is 0.611. The Bertz CT molecular complexity index is 561. The first-order valence-electron chi connectivity index (χ1n) is 8.23. The molecule has 0 saturated carbocycles. The summed E-state index contributed by atoms with van der Waals surface area (Å²) in [6, 6.07) is 6.38. The first-order chi connectivity index (χ1) is 11.5. The molecule has 1 N–H and O–H groups in total. The van der Waals surface area contributed by atoms with Crippen molar-refractivity contribution in [2.24, 2.45) is 0 Å². The van der Waals surface area contributed by atoms with Crippen LogP contribution in [0.25, 0.3) is 0 Å².